The molecule has 5 nitrogen and oxygen atoms in total. The van der Waals surface area contributed by atoms with Gasteiger partial charge in [0.15, 0.2) is 0 Å². The van der Waals surface area contributed by atoms with Gasteiger partial charge in [-0.25, -0.2) is 5.43 Å². The van der Waals surface area contributed by atoms with Gasteiger partial charge in [-0.15, -0.1) is 0 Å². The second-order valence-corrected chi connectivity index (χ2v) is 7.42. The Kier molecular flexibility index (Phi) is 5.70. The second kappa shape index (κ2) is 8.74. The molecule has 1 fully saturated rings. The minimum Gasteiger partial charge on any atom is -0.326 e. The van der Waals surface area contributed by atoms with Crippen molar-refractivity contribution < 1.29 is 9.59 Å². The van der Waals surface area contributed by atoms with E-state index in [1.807, 2.05) is 49.4 Å². The maximum Gasteiger partial charge on any atom is 0.271 e. The third kappa shape index (κ3) is 4.81. The van der Waals surface area contributed by atoms with Gasteiger partial charge in [0.2, 0.25) is 5.91 Å². The van der Waals surface area contributed by atoms with Crippen LogP contribution in [-0.2, 0) is 4.79 Å². The van der Waals surface area contributed by atoms with E-state index in [-0.39, 0.29) is 17.7 Å². The molecule has 30 heavy (non-hydrogen) atoms. The van der Waals surface area contributed by atoms with Crippen LogP contribution in [0, 0.1) is 5.92 Å². The van der Waals surface area contributed by atoms with Crippen molar-refractivity contribution in [2.75, 3.05) is 5.32 Å². The lowest BCUT2D eigenvalue weighted by Gasteiger charge is -2.07. The maximum atomic E-state index is 12.4. The number of carbonyl (C=O) groups is 2. The molecule has 3 aromatic rings. The molecule has 2 N–H and O–H groups in total. The lowest BCUT2D eigenvalue weighted by Crippen LogP contribution is -2.19. The number of carbonyl (C=O) groups excluding carboxylic acids is 2. The fraction of sp³-hybridized carbons (Fsp3) is 0.160. The zero-order chi connectivity index (χ0) is 20.9. The molecule has 1 aliphatic carbocycles. The smallest absolute Gasteiger partial charge is 0.271 e. The van der Waals surface area contributed by atoms with E-state index in [4.69, 9.17) is 0 Å². The van der Waals surface area contributed by atoms with Crippen molar-refractivity contribution >= 4 is 23.2 Å². The van der Waals surface area contributed by atoms with Crippen LogP contribution in [0.5, 0.6) is 0 Å². The van der Waals surface area contributed by atoms with Crippen LogP contribution < -0.4 is 10.7 Å². The van der Waals surface area contributed by atoms with Crippen LogP contribution in [0.3, 0.4) is 0 Å². The molecule has 0 spiro atoms. The summed E-state index contributed by atoms with van der Waals surface area (Å²) in [5, 5.41) is 7.08. The molecule has 1 saturated carbocycles. The van der Waals surface area contributed by atoms with Gasteiger partial charge >= 0.3 is 0 Å². The number of benzene rings is 3. The fourth-order valence-corrected chi connectivity index (χ4v) is 3.09. The average Bonchev–Trinajstić information content (AvgIpc) is 3.64. The van der Waals surface area contributed by atoms with Gasteiger partial charge < -0.3 is 5.32 Å². The zero-order valence-electron chi connectivity index (χ0n) is 16.8. The van der Waals surface area contributed by atoms with Crippen LogP contribution in [0.4, 0.5) is 5.69 Å². The second-order valence-electron chi connectivity index (χ2n) is 7.42. The standard InChI is InChI=1S/C25H23N3O2/c1-17(18-7-9-20(10-8-18)19-5-3-2-4-6-19)27-28-25(30)22-13-15-23(16-14-22)26-24(29)21-11-12-21/h2-10,13-16,21H,11-12H2,1H3,(H,26,29)(H,28,30)/b27-17+. The van der Waals surface area contributed by atoms with Gasteiger partial charge in [-0.2, -0.15) is 5.10 Å². The third-order valence-electron chi connectivity index (χ3n) is 5.10. The first-order chi connectivity index (χ1) is 14.6. The van der Waals surface area contributed by atoms with Crippen molar-refractivity contribution in [2.45, 2.75) is 19.8 Å². The largest absolute Gasteiger partial charge is 0.326 e. The van der Waals surface area contributed by atoms with Crippen molar-refractivity contribution in [1.29, 1.82) is 0 Å². The summed E-state index contributed by atoms with van der Waals surface area (Å²) in [6.07, 6.45) is 1.91. The lowest BCUT2D eigenvalue weighted by atomic mass is 10.0. The van der Waals surface area contributed by atoms with Crippen LogP contribution in [0.1, 0.15) is 35.7 Å². The first kappa shape index (κ1) is 19.6. The number of nitrogens with zero attached hydrogens (tertiary/aromatic N) is 1. The van der Waals surface area contributed by atoms with E-state index in [9.17, 15) is 9.59 Å². The molecule has 3 aromatic carbocycles. The van der Waals surface area contributed by atoms with E-state index in [2.05, 4.69) is 28.0 Å². The minimum absolute atomic E-state index is 0.0470. The summed E-state index contributed by atoms with van der Waals surface area (Å²) in [7, 11) is 0. The number of amides is 2. The fourth-order valence-electron chi connectivity index (χ4n) is 3.09. The monoisotopic (exact) mass is 397 g/mol. The van der Waals surface area contributed by atoms with Gasteiger partial charge in [0.1, 0.15) is 0 Å². The number of nitrogens with one attached hydrogen (secondary N) is 2. The Morgan fingerprint density at radius 3 is 2.03 bits per heavy atom. The Labute approximate surface area is 175 Å². The highest BCUT2D eigenvalue weighted by Crippen LogP contribution is 2.30. The Morgan fingerprint density at radius 1 is 0.800 bits per heavy atom. The van der Waals surface area contributed by atoms with E-state index >= 15 is 0 Å². The predicted octanol–water partition coefficient (Wildman–Crippen LogP) is 4.86. The van der Waals surface area contributed by atoms with Gasteiger partial charge in [0.25, 0.3) is 5.91 Å². The molecular weight excluding hydrogens is 374 g/mol. The summed E-state index contributed by atoms with van der Waals surface area (Å²) in [5.41, 5.74) is 7.71. The quantitative estimate of drug-likeness (QED) is 0.461. The molecule has 0 radical (unpaired) electrons. The van der Waals surface area contributed by atoms with Crippen molar-refractivity contribution in [1.82, 2.24) is 5.43 Å². The summed E-state index contributed by atoms with van der Waals surface area (Å²) >= 11 is 0. The highest BCUT2D eigenvalue weighted by atomic mass is 16.2. The third-order valence-corrected chi connectivity index (χ3v) is 5.10. The summed E-state index contributed by atoms with van der Waals surface area (Å²) < 4.78 is 0. The first-order valence-electron chi connectivity index (χ1n) is 10.0. The van der Waals surface area contributed by atoms with Crippen LogP contribution >= 0.6 is 0 Å². The number of anilines is 1. The molecule has 1 aliphatic rings. The number of hydrogen-bond acceptors (Lipinski definition) is 3. The molecule has 150 valence electrons. The Hall–Kier alpha value is -3.73. The van der Waals surface area contributed by atoms with Gasteiger partial charge in [-0.05, 0) is 60.7 Å². The van der Waals surface area contributed by atoms with Crippen molar-refractivity contribution in [3.63, 3.8) is 0 Å². The highest BCUT2D eigenvalue weighted by Gasteiger charge is 2.29. The van der Waals surface area contributed by atoms with Gasteiger partial charge in [-0.3, -0.25) is 9.59 Å². The van der Waals surface area contributed by atoms with E-state index in [0.29, 0.717) is 11.3 Å². The zero-order valence-corrected chi connectivity index (χ0v) is 16.8. The number of hydrazone groups is 1. The van der Waals surface area contributed by atoms with Crippen molar-refractivity contribution in [3.8, 4) is 11.1 Å². The molecule has 0 heterocycles. The lowest BCUT2D eigenvalue weighted by molar-refractivity contribution is -0.117. The molecule has 0 atom stereocenters. The predicted molar refractivity (Wildman–Crippen MR) is 119 cm³/mol. The average molecular weight is 397 g/mol. The molecule has 0 bridgehead atoms. The minimum atomic E-state index is -0.296. The topological polar surface area (TPSA) is 70.6 Å². The van der Waals surface area contributed by atoms with E-state index in [1.54, 1.807) is 24.3 Å². The molecule has 5 heteroatoms. The summed E-state index contributed by atoms with van der Waals surface area (Å²) in [6, 6.07) is 25.0. The Bertz CT molecular complexity index is 1070. The van der Waals surface area contributed by atoms with Crippen LogP contribution in [0.15, 0.2) is 84.0 Å². The molecule has 0 aliphatic heterocycles. The normalized spacial score (nSPS) is 13.6. The molecule has 2 amide bonds. The van der Waals surface area contributed by atoms with Gasteiger partial charge in [-0.1, -0.05) is 54.6 Å². The Balaban J connectivity index is 1.36. The molecule has 0 saturated heterocycles. The number of rotatable bonds is 6. The SMILES string of the molecule is C/C(=N\NC(=O)c1ccc(NC(=O)C2CC2)cc1)c1ccc(-c2ccccc2)cc1. The van der Waals surface area contributed by atoms with E-state index < -0.39 is 0 Å². The van der Waals surface area contributed by atoms with Crippen LogP contribution in [0.25, 0.3) is 11.1 Å². The Morgan fingerprint density at radius 2 is 1.40 bits per heavy atom. The molecule has 0 unspecified atom stereocenters. The van der Waals surface area contributed by atoms with E-state index in [1.165, 1.54) is 0 Å². The first-order valence-corrected chi connectivity index (χ1v) is 10.0. The van der Waals surface area contributed by atoms with E-state index in [0.717, 1.165) is 35.2 Å². The molecule has 0 aromatic heterocycles. The molecule has 4 rings (SSSR count). The summed E-state index contributed by atoms with van der Waals surface area (Å²) in [4.78, 5) is 24.2. The van der Waals surface area contributed by atoms with Crippen molar-refractivity contribution in [2.24, 2.45) is 11.0 Å². The highest BCUT2D eigenvalue weighted by molar-refractivity contribution is 6.01. The van der Waals surface area contributed by atoms with Crippen LogP contribution in [-0.4, -0.2) is 17.5 Å². The van der Waals surface area contributed by atoms with Crippen LogP contribution in [0.2, 0.25) is 0 Å². The van der Waals surface area contributed by atoms with Crippen molar-refractivity contribution in [3.05, 3.63) is 90.0 Å². The summed E-state index contributed by atoms with van der Waals surface area (Å²) in [6.45, 7) is 1.86. The number of hydrogen-bond donors (Lipinski definition) is 2. The summed E-state index contributed by atoms with van der Waals surface area (Å²) in [5.74, 6) is -0.104. The van der Waals surface area contributed by atoms with Gasteiger partial charge in [0.05, 0.1) is 5.71 Å². The van der Waals surface area contributed by atoms with Gasteiger partial charge in [0, 0.05) is 17.2 Å². The maximum absolute atomic E-state index is 12.4. The molecular formula is C25H23N3O2.